The van der Waals surface area contributed by atoms with E-state index in [1.807, 2.05) is 41.9 Å². The molecule has 31 heavy (non-hydrogen) atoms. The predicted molar refractivity (Wildman–Crippen MR) is 117 cm³/mol. The molecule has 0 aliphatic rings. The van der Waals surface area contributed by atoms with Crippen LogP contribution in [0, 0.1) is 0 Å². The van der Waals surface area contributed by atoms with Gasteiger partial charge < -0.3 is 0 Å². The van der Waals surface area contributed by atoms with Gasteiger partial charge in [0.25, 0.3) is 0 Å². The van der Waals surface area contributed by atoms with Crippen LogP contribution in [0.15, 0.2) is 61.2 Å². The maximum absolute atomic E-state index is 12.1. The molecule has 2 aromatic carbocycles. The largest absolute Gasteiger partial charge is 0.291 e. The Morgan fingerprint density at radius 3 is 2.58 bits per heavy atom. The molecule has 0 spiro atoms. The number of aromatic amines is 1. The zero-order chi connectivity index (χ0) is 21.6. The summed E-state index contributed by atoms with van der Waals surface area (Å²) in [7, 11) is 0. The number of ketones is 1. The quantitative estimate of drug-likeness (QED) is 0.330. The van der Waals surface area contributed by atoms with Gasteiger partial charge in [0, 0.05) is 24.9 Å². The summed E-state index contributed by atoms with van der Waals surface area (Å²) in [6, 6.07) is 16.2. The Bertz CT molecular complexity index is 1180. The number of carbonyl (C=O) groups is 1. The second-order valence-electron chi connectivity index (χ2n) is 7.08. The number of tetrazole rings is 1. The molecule has 4 aromatic rings. The third-order valence-corrected chi connectivity index (χ3v) is 5.00. The lowest BCUT2D eigenvalue weighted by Gasteiger charge is -2.08. The zero-order valence-electron chi connectivity index (χ0n) is 17.3. The average molecular weight is 413 g/mol. The molecule has 0 radical (unpaired) electrons. The average Bonchev–Trinajstić information content (AvgIpc) is 3.48. The van der Waals surface area contributed by atoms with Crippen molar-refractivity contribution in [1.29, 1.82) is 0 Å². The van der Waals surface area contributed by atoms with Gasteiger partial charge in [-0.1, -0.05) is 61.5 Å². The number of nitrogens with one attached hydrogen (secondary N) is 1. The Hall–Kier alpha value is -3.94. The van der Waals surface area contributed by atoms with Gasteiger partial charge >= 0.3 is 0 Å². The number of hydrogen-bond donors (Lipinski definition) is 1. The Morgan fingerprint density at radius 2 is 1.90 bits per heavy atom. The first-order chi connectivity index (χ1) is 15.2. The van der Waals surface area contributed by atoms with Crippen molar-refractivity contribution in [3.8, 4) is 22.5 Å². The molecular weight excluding hydrogens is 390 g/mol. The molecule has 0 aliphatic carbocycles. The maximum Gasteiger partial charge on any atom is 0.217 e. The van der Waals surface area contributed by atoms with Crippen LogP contribution in [-0.2, 0) is 13.0 Å². The number of benzene rings is 2. The van der Waals surface area contributed by atoms with Crippen molar-refractivity contribution in [1.82, 2.24) is 35.4 Å². The molecule has 8 nitrogen and oxygen atoms in total. The van der Waals surface area contributed by atoms with Gasteiger partial charge in [-0.15, -0.1) is 21.9 Å². The lowest BCUT2D eigenvalue weighted by molar-refractivity contribution is 0.0978. The van der Waals surface area contributed by atoms with E-state index in [9.17, 15) is 4.79 Å². The highest BCUT2D eigenvalue weighted by Gasteiger charge is 2.16. The van der Waals surface area contributed by atoms with Gasteiger partial charge in [0.2, 0.25) is 17.4 Å². The topological polar surface area (TPSA) is 102 Å². The van der Waals surface area contributed by atoms with E-state index >= 15 is 0 Å². The summed E-state index contributed by atoms with van der Waals surface area (Å²) in [4.78, 5) is 16.6. The summed E-state index contributed by atoms with van der Waals surface area (Å²) in [6.45, 7) is 6.24. The van der Waals surface area contributed by atoms with Gasteiger partial charge in [0.1, 0.15) is 5.82 Å². The van der Waals surface area contributed by atoms with E-state index in [4.69, 9.17) is 0 Å². The molecule has 0 unspecified atom stereocenters. The van der Waals surface area contributed by atoms with Crippen molar-refractivity contribution in [3.05, 3.63) is 78.4 Å². The molecule has 0 bridgehead atoms. The van der Waals surface area contributed by atoms with Crippen molar-refractivity contribution in [2.24, 2.45) is 0 Å². The van der Waals surface area contributed by atoms with Crippen LogP contribution < -0.4 is 0 Å². The van der Waals surface area contributed by atoms with Crippen molar-refractivity contribution in [2.75, 3.05) is 0 Å². The number of H-pyrrole nitrogens is 1. The van der Waals surface area contributed by atoms with Crippen molar-refractivity contribution < 1.29 is 4.79 Å². The van der Waals surface area contributed by atoms with Crippen LogP contribution in [-0.4, -0.2) is 41.2 Å². The van der Waals surface area contributed by atoms with Gasteiger partial charge in [-0.2, -0.15) is 5.21 Å². The molecule has 2 heterocycles. The Kier molecular flexibility index (Phi) is 6.07. The van der Waals surface area contributed by atoms with Crippen molar-refractivity contribution >= 4 is 5.78 Å². The fourth-order valence-corrected chi connectivity index (χ4v) is 3.36. The predicted octanol–water partition coefficient (Wildman–Crippen LogP) is 3.88. The SMILES string of the molecule is C=CCCn1nc(C(=O)CC)nc1Cc1ccc(-c2ccccc2-c2nn[nH]n2)cc1. The lowest BCUT2D eigenvalue weighted by Crippen LogP contribution is -2.06. The number of aromatic nitrogens is 7. The molecule has 156 valence electrons. The van der Waals surface area contributed by atoms with E-state index in [0.717, 1.165) is 34.5 Å². The van der Waals surface area contributed by atoms with Crippen LogP contribution in [0.25, 0.3) is 22.5 Å². The number of allylic oxidation sites excluding steroid dienone is 1. The standard InChI is InChI=1S/C23H23N7O/c1-3-5-14-30-21(24-23(27-30)20(31)4-2)15-16-10-12-17(13-11-16)18-8-6-7-9-19(18)22-25-28-29-26-22/h3,6-13H,1,4-5,14-15H2,2H3,(H,25,26,28,29). The molecule has 0 amide bonds. The first-order valence-electron chi connectivity index (χ1n) is 10.2. The fraction of sp³-hybridized carbons (Fsp3) is 0.217. The van der Waals surface area contributed by atoms with E-state index in [0.29, 0.717) is 25.2 Å². The summed E-state index contributed by atoms with van der Waals surface area (Å²) in [6.07, 6.45) is 3.58. The second-order valence-corrected chi connectivity index (χ2v) is 7.08. The Labute approximate surface area is 180 Å². The highest BCUT2D eigenvalue weighted by molar-refractivity contribution is 5.92. The monoisotopic (exact) mass is 413 g/mol. The minimum Gasteiger partial charge on any atom is -0.291 e. The molecular formula is C23H23N7O. The number of nitrogens with zero attached hydrogens (tertiary/aromatic N) is 6. The highest BCUT2D eigenvalue weighted by Crippen LogP contribution is 2.29. The second kappa shape index (κ2) is 9.25. The summed E-state index contributed by atoms with van der Waals surface area (Å²) >= 11 is 0. The number of Topliss-reactive ketones (excluding diaryl/α,β-unsaturated/α-hetero) is 1. The highest BCUT2D eigenvalue weighted by atomic mass is 16.1. The molecule has 0 saturated heterocycles. The Balaban J connectivity index is 1.60. The zero-order valence-corrected chi connectivity index (χ0v) is 17.3. The smallest absolute Gasteiger partial charge is 0.217 e. The number of rotatable bonds is 9. The molecule has 2 aromatic heterocycles. The Morgan fingerprint density at radius 1 is 1.13 bits per heavy atom. The van der Waals surface area contributed by atoms with Crippen LogP contribution in [0.2, 0.25) is 0 Å². The van der Waals surface area contributed by atoms with Crippen LogP contribution in [0.1, 0.15) is 41.8 Å². The van der Waals surface area contributed by atoms with E-state index in [1.54, 1.807) is 0 Å². The lowest BCUT2D eigenvalue weighted by atomic mass is 9.98. The van der Waals surface area contributed by atoms with Gasteiger partial charge in [-0.05, 0) is 28.3 Å². The van der Waals surface area contributed by atoms with Gasteiger partial charge in [-0.3, -0.25) is 4.79 Å². The first-order valence-corrected chi connectivity index (χ1v) is 10.2. The number of carbonyl (C=O) groups excluding carboxylic acids is 1. The normalized spacial score (nSPS) is 10.9. The van der Waals surface area contributed by atoms with Crippen LogP contribution in [0.3, 0.4) is 0 Å². The molecule has 8 heteroatoms. The van der Waals surface area contributed by atoms with Crippen LogP contribution >= 0.6 is 0 Å². The third kappa shape index (κ3) is 4.48. The number of hydrogen-bond acceptors (Lipinski definition) is 6. The molecule has 0 fully saturated rings. The summed E-state index contributed by atoms with van der Waals surface area (Å²) in [5.74, 6) is 1.57. The summed E-state index contributed by atoms with van der Waals surface area (Å²) in [5, 5.41) is 18.8. The van der Waals surface area contributed by atoms with Gasteiger partial charge in [0.15, 0.2) is 0 Å². The minimum atomic E-state index is -0.0491. The minimum absolute atomic E-state index is 0.0491. The number of aryl methyl sites for hydroxylation is 1. The summed E-state index contributed by atoms with van der Waals surface area (Å²) in [5.41, 5.74) is 4.08. The van der Waals surface area contributed by atoms with E-state index < -0.39 is 0 Å². The van der Waals surface area contributed by atoms with Crippen molar-refractivity contribution in [3.63, 3.8) is 0 Å². The van der Waals surface area contributed by atoms with E-state index in [1.165, 1.54) is 0 Å². The summed E-state index contributed by atoms with van der Waals surface area (Å²) < 4.78 is 1.81. The van der Waals surface area contributed by atoms with Crippen LogP contribution in [0.4, 0.5) is 0 Å². The maximum atomic E-state index is 12.1. The van der Waals surface area contributed by atoms with E-state index in [2.05, 4.69) is 61.6 Å². The third-order valence-electron chi connectivity index (χ3n) is 5.00. The molecule has 0 saturated carbocycles. The van der Waals surface area contributed by atoms with Crippen molar-refractivity contribution in [2.45, 2.75) is 32.7 Å². The first kappa shape index (κ1) is 20.3. The van der Waals surface area contributed by atoms with Gasteiger partial charge in [-0.25, -0.2) is 9.67 Å². The van der Waals surface area contributed by atoms with E-state index in [-0.39, 0.29) is 11.6 Å². The molecule has 0 aliphatic heterocycles. The molecule has 1 N–H and O–H groups in total. The molecule has 4 rings (SSSR count). The molecule has 0 atom stereocenters. The van der Waals surface area contributed by atoms with Crippen LogP contribution in [0.5, 0.6) is 0 Å². The fourth-order valence-electron chi connectivity index (χ4n) is 3.36. The van der Waals surface area contributed by atoms with Gasteiger partial charge in [0.05, 0.1) is 0 Å².